The van der Waals surface area contributed by atoms with Crippen molar-refractivity contribution >= 4 is 12.9 Å². The van der Waals surface area contributed by atoms with E-state index in [9.17, 15) is 17.7 Å². The summed E-state index contributed by atoms with van der Waals surface area (Å²) in [6, 6.07) is 0. The monoisotopic (exact) mass is 194 g/mol. The number of hydrogen-bond donors (Lipinski definition) is 1. The highest BCUT2D eigenvalue weighted by atomic mass is 19.4. The van der Waals surface area contributed by atoms with Crippen LogP contribution in [0.15, 0.2) is 0 Å². The Balaban J connectivity index is 2.25. The van der Waals surface area contributed by atoms with Crippen molar-refractivity contribution in [1.82, 2.24) is 5.32 Å². The third-order valence-corrected chi connectivity index (χ3v) is 2.23. The maximum Gasteiger partial charge on any atom is 0.497 e. The zero-order valence-corrected chi connectivity index (χ0v) is 7.23. The van der Waals surface area contributed by atoms with Crippen molar-refractivity contribution < 1.29 is 17.7 Å². The molecule has 6 heteroatoms. The van der Waals surface area contributed by atoms with Crippen LogP contribution < -0.4 is 5.32 Å². The fourth-order valence-electron chi connectivity index (χ4n) is 1.55. The predicted molar refractivity (Wildman–Crippen MR) is 44.0 cm³/mol. The first-order valence-electron chi connectivity index (χ1n) is 4.48. The van der Waals surface area contributed by atoms with Gasteiger partial charge in [-0.3, -0.25) is 4.79 Å². The zero-order chi connectivity index (χ0) is 9.90. The molecular formula is C7H12BF3NO-. The molecule has 2 nitrogen and oxygen atoms in total. The maximum atomic E-state index is 11.8. The van der Waals surface area contributed by atoms with Crippen molar-refractivity contribution in [3.63, 3.8) is 0 Å². The summed E-state index contributed by atoms with van der Waals surface area (Å²) in [5, 5.41) is 1.93. The maximum absolute atomic E-state index is 11.8. The van der Waals surface area contributed by atoms with E-state index >= 15 is 0 Å². The van der Waals surface area contributed by atoms with Crippen LogP contribution >= 0.6 is 0 Å². The van der Waals surface area contributed by atoms with E-state index in [1.807, 2.05) is 5.32 Å². The van der Waals surface area contributed by atoms with Crippen LogP contribution in [0.5, 0.6) is 0 Å². The molecule has 0 aromatic heterocycles. The molecule has 0 radical (unpaired) electrons. The van der Waals surface area contributed by atoms with E-state index in [-0.39, 0.29) is 5.92 Å². The van der Waals surface area contributed by atoms with Crippen molar-refractivity contribution in [2.45, 2.75) is 25.7 Å². The molecule has 13 heavy (non-hydrogen) atoms. The van der Waals surface area contributed by atoms with Gasteiger partial charge in [0.25, 0.3) is 0 Å². The average Bonchev–Trinajstić information content (AvgIpc) is 2.50. The minimum Gasteiger partial charge on any atom is -0.448 e. The first kappa shape index (κ1) is 10.4. The molecule has 0 heterocycles. The lowest BCUT2D eigenvalue weighted by atomic mass is 9.92. The summed E-state index contributed by atoms with van der Waals surface area (Å²) in [5.41, 5.74) is 0. The SMILES string of the molecule is O=C(NC[B-](F)(F)F)C1CCCC1. The van der Waals surface area contributed by atoms with Crippen LogP contribution in [-0.4, -0.2) is 19.3 Å². The van der Waals surface area contributed by atoms with E-state index in [0.717, 1.165) is 25.7 Å². The lowest BCUT2D eigenvalue weighted by molar-refractivity contribution is -0.124. The van der Waals surface area contributed by atoms with E-state index in [2.05, 4.69) is 0 Å². The second-order valence-electron chi connectivity index (χ2n) is 3.44. The van der Waals surface area contributed by atoms with Gasteiger partial charge in [-0.1, -0.05) is 12.8 Å². The van der Waals surface area contributed by atoms with Gasteiger partial charge in [0.2, 0.25) is 5.91 Å². The third-order valence-electron chi connectivity index (χ3n) is 2.23. The van der Waals surface area contributed by atoms with Crippen LogP contribution in [-0.2, 0) is 4.79 Å². The molecule has 1 N–H and O–H groups in total. The quantitative estimate of drug-likeness (QED) is 0.680. The summed E-state index contributed by atoms with van der Waals surface area (Å²) in [7, 11) is 0. The smallest absolute Gasteiger partial charge is 0.448 e. The van der Waals surface area contributed by atoms with Crippen LogP contribution in [0.25, 0.3) is 0 Å². The van der Waals surface area contributed by atoms with E-state index in [4.69, 9.17) is 0 Å². The second-order valence-corrected chi connectivity index (χ2v) is 3.44. The minimum absolute atomic E-state index is 0.182. The van der Waals surface area contributed by atoms with Crippen LogP contribution in [0.1, 0.15) is 25.7 Å². The second kappa shape index (κ2) is 4.02. The number of carbonyl (C=O) groups excluding carboxylic acids is 1. The molecule has 1 aliphatic carbocycles. The average molecular weight is 194 g/mol. The van der Waals surface area contributed by atoms with Gasteiger partial charge < -0.3 is 18.3 Å². The molecule has 76 valence electrons. The highest BCUT2D eigenvalue weighted by Gasteiger charge is 2.27. The van der Waals surface area contributed by atoms with Gasteiger partial charge in [0.05, 0.1) is 0 Å². The number of carbonyl (C=O) groups is 1. The van der Waals surface area contributed by atoms with Gasteiger partial charge >= 0.3 is 6.98 Å². The molecule has 0 saturated heterocycles. The predicted octanol–water partition coefficient (Wildman–Crippen LogP) is 1.68. The lowest BCUT2D eigenvalue weighted by Gasteiger charge is -2.16. The first-order chi connectivity index (χ1) is 5.99. The summed E-state index contributed by atoms with van der Waals surface area (Å²) in [6.07, 6.45) is 2.23. The molecule has 0 bridgehead atoms. The van der Waals surface area contributed by atoms with Crippen LogP contribution in [0, 0.1) is 5.92 Å². The Hall–Kier alpha value is -0.675. The number of rotatable bonds is 3. The molecular weight excluding hydrogens is 182 g/mol. The topological polar surface area (TPSA) is 29.1 Å². The number of hydrogen-bond acceptors (Lipinski definition) is 1. The molecule has 0 aromatic carbocycles. The van der Waals surface area contributed by atoms with E-state index in [1.54, 1.807) is 0 Å². The molecule has 0 aromatic rings. The fraction of sp³-hybridized carbons (Fsp3) is 0.857. The zero-order valence-electron chi connectivity index (χ0n) is 7.23. The van der Waals surface area contributed by atoms with E-state index < -0.39 is 19.3 Å². The Morgan fingerprint density at radius 3 is 2.31 bits per heavy atom. The van der Waals surface area contributed by atoms with Crippen LogP contribution in [0.2, 0.25) is 0 Å². The normalized spacial score (nSPS) is 19.0. The summed E-state index contributed by atoms with van der Waals surface area (Å²) in [6.45, 7) is -4.88. The van der Waals surface area contributed by atoms with E-state index in [0.29, 0.717) is 0 Å². The van der Waals surface area contributed by atoms with Gasteiger partial charge in [-0.2, -0.15) is 0 Å². The Kier molecular flexibility index (Phi) is 3.22. The summed E-state index contributed by atoms with van der Waals surface area (Å²) < 4.78 is 35.3. The van der Waals surface area contributed by atoms with Gasteiger partial charge in [0.15, 0.2) is 0 Å². The molecule has 1 fully saturated rings. The van der Waals surface area contributed by atoms with Gasteiger partial charge in [-0.15, -0.1) is 0 Å². The number of halogens is 3. The standard InChI is InChI=1S/C7H12BF3NO/c9-8(10,11)5-12-7(13)6-3-1-2-4-6/h6H,1-5H2,(H,12,13)/q-1. The Bertz CT molecular complexity index is 189. The number of amides is 1. The molecule has 0 spiro atoms. The van der Waals surface area contributed by atoms with Crippen molar-refractivity contribution in [2.24, 2.45) is 5.92 Å². The fourth-order valence-corrected chi connectivity index (χ4v) is 1.55. The van der Waals surface area contributed by atoms with Crippen molar-refractivity contribution in [2.75, 3.05) is 6.44 Å². The Labute approximate surface area is 74.9 Å². The lowest BCUT2D eigenvalue weighted by Crippen LogP contribution is -2.40. The molecule has 1 aliphatic rings. The Morgan fingerprint density at radius 1 is 1.31 bits per heavy atom. The highest BCUT2D eigenvalue weighted by molar-refractivity contribution is 6.58. The first-order valence-corrected chi connectivity index (χ1v) is 4.48. The summed E-state index contributed by atoms with van der Waals surface area (Å²) in [5.74, 6) is -0.616. The summed E-state index contributed by atoms with van der Waals surface area (Å²) in [4.78, 5) is 11.1. The van der Waals surface area contributed by atoms with Crippen molar-refractivity contribution in [3.05, 3.63) is 0 Å². The molecule has 0 atom stereocenters. The Morgan fingerprint density at radius 2 is 1.85 bits per heavy atom. The van der Waals surface area contributed by atoms with Gasteiger partial charge in [-0.25, -0.2) is 0 Å². The molecule has 0 unspecified atom stereocenters. The van der Waals surface area contributed by atoms with Crippen LogP contribution in [0.4, 0.5) is 12.9 Å². The van der Waals surface area contributed by atoms with Crippen LogP contribution in [0.3, 0.4) is 0 Å². The van der Waals surface area contributed by atoms with Gasteiger partial charge in [0, 0.05) is 5.92 Å². The van der Waals surface area contributed by atoms with E-state index in [1.165, 1.54) is 0 Å². The molecule has 1 saturated carbocycles. The largest absolute Gasteiger partial charge is 0.497 e. The van der Waals surface area contributed by atoms with Crippen molar-refractivity contribution in [3.8, 4) is 0 Å². The molecule has 0 aliphatic heterocycles. The third kappa shape index (κ3) is 3.70. The summed E-state index contributed by atoms with van der Waals surface area (Å²) >= 11 is 0. The minimum atomic E-state index is -4.88. The highest BCUT2D eigenvalue weighted by Crippen LogP contribution is 2.24. The van der Waals surface area contributed by atoms with Crippen molar-refractivity contribution in [1.29, 1.82) is 0 Å². The molecule has 1 rings (SSSR count). The molecule has 1 amide bonds. The van der Waals surface area contributed by atoms with Gasteiger partial charge in [0.1, 0.15) is 0 Å². The number of nitrogens with one attached hydrogen (secondary N) is 1. The van der Waals surface area contributed by atoms with Gasteiger partial charge in [-0.05, 0) is 19.3 Å².